The van der Waals surface area contributed by atoms with Crippen molar-refractivity contribution in [2.75, 3.05) is 6.54 Å². The number of likely N-dealkylation sites (tertiary alicyclic amines) is 1. The summed E-state index contributed by atoms with van der Waals surface area (Å²) in [4.78, 5) is 58.4. The number of ether oxygens (including phenoxy) is 2. The van der Waals surface area contributed by atoms with Crippen LogP contribution in [-0.2, 0) is 25.3 Å². The number of hydrogen-bond acceptors (Lipinski definition) is 7. The van der Waals surface area contributed by atoms with Gasteiger partial charge in [0.2, 0.25) is 17.7 Å². The van der Waals surface area contributed by atoms with E-state index in [9.17, 15) is 37.5 Å². The van der Waals surface area contributed by atoms with Gasteiger partial charge in [0.05, 0.1) is 12.1 Å². The SMILES string of the molecule is C=CC1CC1(NC(=O)C1CC(Oc2nccc3c(C(F)(F)F)cccc23)CN1C(=O)C(NC(=O)OC1CCCC1)C(C)(C)C)C(=O)O. The lowest BCUT2D eigenvalue weighted by Crippen LogP contribution is -2.59. The molecule has 254 valence electrons. The van der Waals surface area contributed by atoms with E-state index in [0.29, 0.717) is 0 Å². The van der Waals surface area contributed by atoms with E-state index in [1.807, 2.05) is 0 Å². The standard InChI is InChI=1S/C33H39F3N4O7/c1-5-18-16-32(18,29(43)44)39-26(41)24-15-20(46-27-22-11-8-12-23(33(34,35)36)21(22)13-14-37-27)17-40(24)28(42)25(31(2,3)4)38-30(45)47-19-9-6-7-10-19/h5,8,11-14,18-20,24-25H,1,6-7,9-10,15-17H2,2-4H3,(H,38,45)(H,39,41)(H,43,44). The van der Waals surface area contributed by atoms with E-state index in [1.54, 1.807) is 20.8 Å². The fraction of sp³-hybridized carbons (Fsp3) is 0.545. The van der Waals surface area contributed by atoms with Gasteiger partial charge in [0, 0.05) is 29.3 Å². The molecule has 3 aliphatic rings. The largest absolute Gasteiger partial charge is 0.479 e. The van der Waals surface area contributed by atoms with Gasteiger partial charge in [-0.3, -0.25) is 9.59 Å². The third-order valence-corrected chi connectivity index (χ3v) is 9.18. The quantitative estimate of drug-likeness (QED) is 0.324. The number of pyridine rings is 1. The average molecular weight is 661 g/mol. The van der Waals surface area contributed by atoms with Gasteiger partial charge >= 0.3 is 18.2 Å². The van der Waals surface area contributed by atoms with E-state index >= 15 is 0 Å². The lowest BCUT2D eigenvalue weighted by atomic mass is 9.85. The van der Waals surface area contributed by atoms with Crippen molar-refractivity contribution in [2.24, 2.45) is 11.3 Å². The zero-order valence-electron chi connectivity index (χ0n) is 26.4. The van der Waals surface area contributed by atoms with Gasteiger partial charge in [0.15, 0.2) is 0 Å². The maximum atomic E-state index is 14.2. The van der Waals surface area contributed by atoms with Crippen LogP contribution in [-0.4, -0.2) is 75.2 Å². The summed E-state index contributed by atoms with van der Waals surface area (Å²) < 4.78 is 52.8. The zero-order valence-corrected chi connectivity index (χ0v) is 26.4. The number of carbonyl (C=O) groups excluding carboxylic acids is 3. The second-order valence-electron chi connectivity index (χ2n) is 13.6. The van der Waals surface area contributed by atoms with Gasteiger partial charge < -0.3 is 30.1 Å². The van der Waals surface area contributed by atoms with Crippen molar-refractivity contribution in [1.29, 1.82) is 0 Å². The molecule has 14 heteroatoms. The number of rotatable bonds is 9. The molecular weight excluding hydrogens is 621 g/mol. The number of alkyl carbamates (subject to hydrolysis) is 1. The summed E-state index contributed by atoms with van der Waals surface area (Å²) in [6.07, 6.45) is -0.640. The van der Waals surface area contributed by atoms with Gasteiger partial charge in [0.25, 0.3) is 0 Å². The van der Waals surface area contributed by atoms with Crippen LogP contribution in [0.4, 0.5) is 18.0 Å². The number of amides is 3. The fourth-order valence-electron chi connectivity index (χ4n) is 6.50. The first-order valence-electron chi connectivity index (χ1n) is 15.6. The van der Waals surface area contributed by atoms with Crippen LogP contribution in [0.5, 0.6) is 5.88 Å². The molecule has 1 saturated heterocycles. The first-order valence-corrected chi connectivity index (χ1v) is 15.6. The topological polar surface area (TPSA) is 147 Å². The molecule has 2 aliphatic carbocycles. The van der Waals surface area contributed by atoms with E-state index in [2.05, 4.69) is 22.2 Å². The number of halogens is 3. The Hall–Kier alpha value is -4.36. The summed E-state index contributed by atoms with van der Waals surface area (Å²) >= 11 is 0. The Bertz CT molecular complexity index is 1570. The Morgan fingerprint density at radius 1 is 1.11 bits per heavy atom. The summed E-state index contributed by atoms with van der Waals surface area (Å²) in [7, 11) is 0. The van der Waals surface area contributed by atoms with Crippen LogP contribution in [0.15, 0.2) is 43.1 Å². The van der Waals surface area contributed by atoms with Crippen molar-refractivity contribution in [3.8, 4) is 5.88 Å². The second-order valence-corrected chi connectivity index (χ2v) is 13.6. The molecule has 1 aromatic carbocycles. The highest BCUT2D eigenvalue weighted by Crippen LogP contribution is 2.45. The third kappa shape index (κ3) is 7.01. The lowest BCUT2D eigenvalue weighted by molar-refractivity contribution is -0.146. The van der Waals surface area contributed by atoms with Crippen molar-refractivity contribution in [1.82, 2.24) is 20.5 Å². The van der Waals surface area contributed by atoms with E-state index in [1.165, 1.54) is 35.4 Å². The molecule has 5 unspecified atom stereocenters. The van der Waals surface area contributed by atoms with Gasteiger partial charge in [-0.1, -0.05) is 32.9 Å². The Labute approximate surface area is 269 Å². The smallest absolute Gasteiger partial charge is 0.417 e. The molecule has 0 spiro atoms. The minimum absolute atomic E-state index is 0.0913. The monoisotopic (exact) mass is 660 g/mol. The number of carboxylic acid groups (broad SMARTS) is 1. The Morgan fingerprint density at radius 2 is 1.81 bits per heavy atom. The summed E-state index contributed by atoms with van der Waals surface area (Å²) in [6.45, 7) is 8.66. The number of nitrogens with zero attached hydrogens (tertiary/aromatic N) is 2. The lowest BCUT2D eigenvalue weighted by Gasteiger charge is -2.35. The number of hydrogen-bond donors (Lipinski definition) is 3. The molecule has 2 saturated carbocycles. The Morgan fingerprint density at radius 3 is 2.40 bits per heavy atom. The number of benzene rings is 1. The van der Waals surface area contributed by atoms with Crippen LogP contribution in [0.3, 0.4) is 0 Å². The predicted molar refractivity (Wildman–Crippen MR) is 163 cm³/mol. The van der Waals surface area contributed by atoms with Crippen molar-refractivity contribution in [2.45, 2.75) is 95.3 Å². The minimum Gasteiger partial charge on any atom is -0.479 e. The van der Waals surface area contributed by atoms with E-state index in [4.69, 9.17) is 9.47 Å². The molecular formula is C33H39F3N4O7. The molecule has 5 rings (SSSR count). The van der Waals surface area contributed by atoms with Crippen LogP contribution < -0.4 is 15.4 Å². The minimum atomic E-state index is -4.63. The number of aliphatic carboxylic acids is 1. The molecule has 2 heterocycles. The highest BCUT2D eigenvalue weighted by molar-refractivity contribution is 5.96. The van der Waals surface area contributed by atoms with Crippen molar-refractivity contribution in [3.63, 3.8) is 0 Å². The fourth-order valence-corrected chi connectivity index (χ4v) is 6.50. The predicted octanol–water partition coefficient (Wildman–Crippen LogP) is 4.83. The highest BCUT2D eigenvalue weighted by Gasteiger charge is 2.61. The van der Waals surface area contributed by atoms with Crippen molar-refractivity contribution in [3.05, 3.63) is 48.7 Å². The molecule has 1 aromatic heterocycles. The maximum absolute atomic E-state index is 14.2. The van der Waals surface area contributed by atoms with Gasteiger partial charge in [-0.25, -0.2) is 14.6 Å². The van der Waals surface area contributed by atoms with Crippen LogP contribution in [0, 0.1) is 11.3 Å². The first kappa shape index (κ1) is 34.0. The molecule has 3 N–H and O–H groups in total. The highest BCUT2D eigenvalue weighted by atomic mass is 19.4. The van der Waals surface area contributed by atoms with Crippen LogP contribution in [0.1, 0.15) is 64.9 Å². The number of carbonyl (C=O) groups is 4. The summed E-state index contributed by atoms with van der Waals surface area (Å²) in [5, 5.41) is 15.1. The Balaban J connectivity index is 1.44. The summed E-state index contributed by atoms with van der Waals surface area (Å²) in [5.74, 6) is -3.25. The molecule has 2 aromatic rings. The first-order chi connectivity index (χ1) is 22.0. The van der Waals surface area contributed by atoms with Crippen LogP contribution in [0.2, 0.25) is 0 Å². The van der Waals surface area contributed by atoms with Gasteiger partial charge in [-0.15, -0.1) is 6.58 Å². The number of aromatic nitrogens is 1. The molecule has 5 atom stereocenters. The maximum Gasteiger partial charge on any atom is 0.417 e. The summed E-state index contributed by atoms with van der Waals surface area (Å²) in [6, 6.07) is 2.48. The van der Waals surface area contributed by atoms with Crippen LogP contribution in [0.25, 0.3) is 10.8 Å². The number of fused-ring (bicyclic) bond motifs is 1. The van der Waals surface area contributed by atoms with E-state index < -0.39 is 70.7 Å². The van der Waals surface area contributed by atoms with E-state index in [0.717, 1.165) is 31.7 Å². The molecule has 0 bridgehead atoms. The number of alkyl halides is 3. The normalized spacial score (nSPS) is 25.2. The van der Waals surface area contributed by atoms with Crippen molar-refractivity contribution < 1.29 is 46.9 Å². The Kier molecular flexibility index (Phi) is 9.17. The number of carboxylic acids is 1. The van der Waals surface area contributed by atoms with Gasteiger partial charge in [0.1, 0.15) is 29.8 Å². The third-order valence-electron chi connectivity index (χ3n) is 9.18. The molecule has 47 heavy (non-hydrogen) atoms. The average Bonchev–Trinajstić information content (AvgIpc) is 3.27. The van der Waals surface area contributed by atoms with E-state index in [-0.39, 0.29) is 42.1 Å². The molecule has 0 radical (unpaired) electrons. The molecule has 3 amide bonds. The van der Waals surface area contributed by atoms with Crippen molar-refractivity contribution >= 4 is 34.6 Å². The van der Waals surface area contributed by atoms with Gasteiger partial charge in [-0.2, -0.15) is 13.2 Å². The van der Waals surface area contributed by atoms with Gasteiger partial charge in [-0.05, 0) is 55.7 Å². The number of nitrogens with one attached hydrogen (secondary N) is 2. The summed E-state index contributed by atoms with van der Waals surface area (Å²) in [5.41, 5.74) is -3.29. The molecule has 1 aliphatic heterocycles. The molecule has 3 fully saturated rings. The molecule has 11 nitrogen and oxygen atoms in total. The second kappa shape index (κ2) is 12.7. The zero-order chi connectivity index (χ0) is 34.3. The van der Waals surface area contributed by atoms with Crippen LogP contribution >= 0.6 is 0 Å².